The molecule has 4 aromatic rings. The average Bonchev–Trinajstić information content (AvgIpc) is 3.23. The Balaban J connectivity index is 1.27. The first-order valence-electron chi connectivity index (χ1n) is 13.0. The number of hydrogen-bond donors (Lipinski definition) is 1. The summed E-state index contributed by atoms with van der Waals surface area (Å²) in [4.78, 5) is 17.2. The second-order valence-electron chi connectivity index (χ2n) is 10.4. The van der Waals surface area contributed by atoms with Crippen molar-refractivity contribution >= 4 is 32.9 Å². The fourth-order valence-corrected chi connectivity index (χ4v) is 4.79. The van der Waals surface area contributed by atoms with Crippen molar-refractivity contribution in [2.24, 2.45) is 0 Å². The molecule has 0 atom stereocenters. The number of para-hydroxylation sites is 2. The highest BCUT2D eigenvalue weighted by Gasteiger charge is 2.14. The van der Waals surface area contributed by atoms with E-state index in [2.05, 4.69) is 89.0 Å². The number of ether oxygens (including phenoxy) is 1. The predicted molar refractivity (Wildman–Crippen MR) is 154 cm³/mol. The van der Waals surface area contributed by atoms with E-state index in [-0.39, 0.29) is 11.3 Å². The zero-order chi connectivity index (χ0) is 26.3. The standard InChI is InChI=1S/C31H36BrN3O2/c1-31(2,3)24-15-17-26(18-16-24)37-21-20-35-28-13-7-6-12-27(28)34-29(35)14-5-4-8-19-33-30(36)23-10-9-11-25(32)22-23/h6-7,9-13,15-18,22H,4-5,8,14,19-21H2,1-3H3,(H,33,36). The molecular weight excluding hydrogens is 526 g/mol. The Kier molecular flexibility index (Phi) is 9.04. The number of fused-ring (bicyclic) bond motifs is 1. The number of halogens is 1. The van der Waals surface area contributed by atoms with Crippen LogP contribution in [0.3, 0.4) is 0 Å². The van der Waals surface area contributed by atoms with Crippen molar-refractivity contribution in [1.82, 2.24) is 14.9 Å². The Morgan fingerprint density at radius 2 is 1.76 bits per heavy atom. The van der Waals surface area contributed by atoms with Crippen molar-refractivity contribution in [3.05, 3.63) is 94.2 Å². The highest BCUT2D eigenvalue weighted by molar-refractivity contribution is 9.10. The molecule has 1 amide bonds. The van der Waals surface area contributed by atoms with E-state index in [9.17, 15) is 4.79 Å². The Morgan fingerprint density at radius 3 is 2.51 bits per heavy atom. The first-order chi connectivity index (χ1) is 17.8. The number of rotatable bonds is 11. The Labute approximate surface area is 228 Å². The first-order valence-corrected chi connectivity index (χ1v) is 13.8. The number of benzene rings is 3. The van der Waals surface area contributed by atoms with Crippen LogP contribution in [0.1, 0.15) is 61.8 Å². The summed E-state index contributed by atoms with van der Waals surface area (Å²) < 4.78 is 9.28. The molecule has 4 rings (SSSR count). The Bertz CT molecular complexity index is 1320. The molecule has 0 aliphatic rings. The van der Waals surface area contributed by atoms with Gasteiger partial charge in [-0.15, -0.1) is 0 Å². The highest BCUT2D eigenvalue weighted by Crippen LogP contribution is 2.24. The van der Waals surface area contributed by atoms with E-state index < -0.39 is 0 Å². The molecule has 0 bridgehead atoms. The highest BCUT2D eigenvalue weighted by atomic mass is 79.9. The molecule has 6 heteroatoms. The van der Waals surface area contributed by atoms with Crippen molar-refractivity contribution < 1.29 is 9.53 Å². The van der Waals surface area contributed by atoms with Gasteiger partial charge in [-0.1, -0.05) is 73.5 Å². The molecule has 3 aromatic carbocycles. The minimum Gasteiger partial charge on any atom is -0.492 e. The van der Waals surface area contributed by atoms with Gasteiger partial charge in [-0.25, -0.2) is 4.98 Å². The smallest absolute Gasteiger partial charge is 0.251 e. The molecule has 5 nitrogen and oxygen atoms in total. The molecule has 1 aromatic heterocycles. The van der Waals surface area contributed by atoms with Crippen LogP contribution < -0.4 is 10.1 Å². The van der Waals surface area contributed by atoms with Crippen molar-refractivity contribution in [1.29, 1.82) is 0 Å². The number of nitrogens with one attached hydrogen (secondary N) is 1. The molecule has 37 heavy (non-hydrogen) atoms. The minimum atomic E-state index is -0.0314. The van der Waals surface area contributed by atoms with Gasteiger partial charge in [-0.2, -0.15) is 0 Å². The number of carbonyl (C=O) groups is 1. The van der Waals surface area contributed by atoms with Crippen LogP contribution in [0.5, 0.6) is 5.75 Å². The van der Waals surface area contributed by atoms with Crippen LogP contribution in [0, 0.1) is 0 Å². The molecule has 1 heterocycles. The van der Waals surface area contributed by atoms with Crippen molar-refractivity contribution in [3.63, 3.8) is 0 Å². The number of nitrogens with zero attached hydrogens (tertiary/aromatic N) is 2. The Morgan fingerprint density at radius 1 is 0.973 bits per heavy atom. The molecule has 0 fully saturated rings. The summed E-state index contributed by atoms with van der Waals surface area (Å²) in [5, 5.41) is 3.02. The van der Waals surface area contributed by atoms with Crippen molar-refractivity contribution in [3.8, 4) is 5.75 Å². The number of amides is 1. The van der Waals surface area contributed by atoms with Gasteiger partial charge in [0.2, 0.25) is 0 Å². The third kappa shape index (κ3) is 7.45. The SMILES string of the molecule is CC(C)(C)c1ccc(OCCn2c(CCCCCNC(=O)c3cccc(Br)c3)nc3ccccc32)cc1. The van der Waals surface area contributed by atoms with E-state index in [4.69, 9.17) is 9.72 Å². The van der Waals surface area contributed by atoms with Gasteiger partial charge in [-0.3, -0.25) is 4.79 Å². The fraction of sp³-hybridized carbons (Fsp3) is 0.355. The quantitative estimate of drug-likeness (QED) is 0.195. The van der Waals surface area contributed by atoms with Crippen LogP contribution in [0.4, 0.5) is 0 Å². The number of unbranched alkanes of at least 4 members (excludes halogenated alkanes) is 2. The molecule has 0 aliphatic carbocycles. The Hall–Kier alpha value is -3.12. The largest absolute Gasteiger partial charge is 0.492 e. The first kappa shape index (κ1) is 26.9. The van der Waals surface area contributed by atoms with E-state index in [1.165, 1.54) is 5.56 Å². The number of carbonyl (C=O) groups excluding carboxylic acids is 1. The zero-order valence-corrected chi connectivity index (χ0v) is 23.6. The van der Waals surface area contributed by atoms with Crippen LogP contribution in [0.2, 0.25) is 0 Å². The summed E-state index contributed by atoms with van der Waals surface area (Å²) in [6.45, 7) is 8.66. The summed E-state index contributed by atoms with van der Waals surface area (Å²) in [7, 11) is 0. The lowest BCUT2D eigenvalue weighted by atomic mass is 9.87. The predicted octanol–water partition coefficient (Wildman–Crippen LogP) is 7.32. The van der Waals surface area contributed by atoms with Gasteiger partial charge in [0.15, 0.2) is 0 Å². The number of imidazole rings is 1. The van der Waals surface area contributed by atoms with Crippen molar-refractivity contribution in [2.45, 2.75) is 58.4 Å². The average molecular weight is 563 g/mol. The maximum atomic E-state index is 12.3. The van der Waals surface area contributed by atoms with E-state index >= 15 is 0 Å². The lowest BCUT2D eigenvalue weighted by Gasteiger charge is -2.19. The fourth-order valence-electron chi connectivity index (χ4n) is 4.39. The lowest BCUT2D eigenvalue weighted by molar-refractivity contribution is 0.0953. The van der Waals surface area contributed by atoms with E-state index in [0.29, 0.717) is 18.7 Å². The van der Waals surface area contributed by atoms with Gasteiger partial charge in [-0.05, 0) is 66.3 Å². The molecule has 0 radical (unpaired) electrons. The van der Waals surface area contributed by atoms with Crippen LogP contribution in [0.15, 0.2) is 77.3 Å². The zero-order valence-electron chi connectivity index (χ0n) is 22.0. The van der Waals surface area contributed by atoms with Crippen molar-refractivity contribution in [2.75, 3.05) is 13.2 Å². The summed E-state index contributed by atoms with van der Waals surface area (Å²) in [5.74, 6) is 1.95. The molecule has 1 N–H and O–H groups in total. The minimum absolute atomic E-state index is 0.0314. The second kappa shape index (κ2) is 12.4. The van der Waals surface area contributed by atoms with E-state index in [1.54, 1.807) is 0 Å². The maximum Gasteiger partial charge on any atom is 0.251 e. The van der Waals surface area contributed by atoms with Crippen LogP contribution in [0.25, 0.3) is 11.0 Å². The molecule has 0 saturated heterocycles. The van der Waals surface area contributed by atoms with Gasteiger partial charge in [0, 0.05) is 23.0 Å². The third-order valence-electron chi connectivity index (χ3n) is 6.49. The molecule has 194 valence electrons. The summed E-state index contributed by atoms with van der Waals surface area (Å²) >= 11 is 3.41. The number of aromatic nitrogens is 2. The topological polar surface area (TPSA) is 56.1 Å². The van der Waals surface area contributed by atoms with Gasteiger partial charge >= 0.3 is 0 Å². The van der Waals surface area contributed by atoms with Gasteiger partial charge in [0.05, 0.1) is 17.6 Å². The monoisotopic (exact) mass is 561 g/mol. The van der Waals surface area contributed by atoms with Gasteiger partial charge < -0.3 is 14.6 Å². The molecule has 0 unspecified atom stereocenters. The molecular formula is C31H36BrN3O2. The second-order valence-corrected chi connectivity index (χ2v) is 11.3. The molecule has 0 aliphatic heterocycles. The van der Waals surface area contributed by atoms with Gasteiger partial charge in [0.25, 0.3) is 5.91 Å². The van der Waals surface area contributed by atoms with E-state index in [0.717, 1.165) is 59.3 Å². The lowest BCUT2D eigenvalue weighted by Crippen LogP contribution is -2.24. The van der Waals surface area contributed by atoms with Gasteiger partial charge in [0.1, 0.15) is 18.2 Å². The van der Waals surface area contributed by atoms with Crippen LogP contribution >= 0.6 is 15.9 Å². The summed E-state index contributed by atoms with van der Waals surface area (Å²) in [5.41, 5.74) is 4.28. The summed E-state index contributed by atoms with van der Waals surface area (Å²) in [6, 6.07) is 24.2. The molecule has 0 spiro atoms. The van der Waals surface area contributed by atoms with Crippen LogP contribution in [-0.4, -0.2) is 28.6 Å². The third-order valence-corrected chi connectivity index (χ3v) is 6.98. The normalized spacial score (nSPS) is 11.6. The number of hydrogen-bond acceptors (Lipinski definition) is 3. The maximum absolute atomic E-state index is 12.3. The van der Waals surface area contributed by atoms with Crippen LogP contribution in [-0.2, 0) is 18.4 Å². The summed E-state index contributed by atoms with van der Waals surface area (Å²) in [6.07, 6.45) is 3.88. The van der Waals surface area contributed by atoms with E-state index in [1.807, 2.05) is 30.3 Å². The number of aryl methyl sites for hydroxylation is 1. The molecule has 0 saturated carbocycles.